The molecule has 0 bridgehead atoms. The number of carbonyl (C=O) groups is 4. The fourth-order valence-electron chi connectivity index (χ4n) is 6.24. The molecule has 1 heterocycles. The van der Waals surface area contributed by atoms with Gasteiger partial charge in [0, 0.05) is 85.3 Å². The van der Waals surface area contributed by atoms with Gasteiger partial charge in [0.25, 0.3) is 0 Å². The maximum Gasteiger partial charge on any atom is 0.305 e. The molecule has 0 spiro atoms. The summed E-state index contributed by atoms with van der Waals surface area (Å²) in [4.78, 5) is 45.6. The molecule has 0 aliphatic carbocycles. The Hall–Kier alpha value is -2.64. The van der Waals surface area contributed by atoms with E-state index in [1.54, 1.807) is 27.7 Å². The van der Waals surface area contributed by atoms with Crippen LogP contribution in [0.2, 0.25) is 0 Å². The molecule has 0 radical (unpaired) electrons. The highest BCUT2D eigenvalue weighted by molar-refractivity contribution is 5.77. The van der Waals surface area contributed by atoms with Crippen LogP contribution in [0.3, 0.4) is 0 Å². The average Bonchev–Trinajstić information content (AvgIpc) is 3.68. The van der Waals surface area contributed by atoms with E-state index in [0.29, 0.717) is 44.9 Å². The smallest absolute Gasteiger partial charge is 0.305 e. The van der Waals surface area contributed by atoms with E-state index in [2.05, 4.69) is 5.32 Å². The minimum absolute atomic E-state index is 0. The lowest BCUT2D eigenvalue weighted by molar-refractivity contribution is -0.274. The average molecular weight is 1210 g/mol. The Morgan fingerprint density at radius 2 is 0.878 bits per heavy atom. The van der Waals surface area contributed by atoms with Crippen LogP contribution in [0.5, 0.6) is 0 Å². The number of Topliss-reactive ketones (excluding diaryl/α,β-unsaturated/α-hetero) is 1. The second-order valence-electron chi connectivity index (χ2n) is 17.5. The Morgan fingerprint density at radius 3 is 1.10 bits per heavy atom. The molecule has 82 heavy (non-hydrogen) atoms. The number of rotatable bonds is 34. The lowest BCUT2D eigenvalue weighted by atomic mass is 10.0. The van der Waals surface area contributed by atoms with E-state index in [-0.39, 0.29) is 147 Å². The molecule has 9 atom stereocenters. The molecule has 2 unspecified atom stereocenters. The van der Waals surface area contributed by atoms with Crippen LogP contribution < -0.4 is 5.32 Å². The largest absolute Gasteiger partial charge is 0.463 e. The quantitative estimate of drug-likeness (QED) is 0.0299. The van der Waals surface area contributed by atoms with Crippen LogP contribution >= 0.6 is 0 Å². The first-order chi connectivity index (χ1) is 35.8. The van der Waals surface area contributed by atoms with Gasteiger partial charge < -0.3 is 109 Å². The van der Waals surface area contributed by atoms with Gasteiger partial charge in [-0.15, -0.1) is 0 Å². The van der Waals surface area contributed by atoms with Crippen molar-refractivity contribution in [1.29, 1.82) is 0 Å². The highest BCUT2D eigenvalue weighted by atomic mass is 16.7. The SMILES string of the molecule is C.C.C.C.C.C.CC.CC.CC[C@@](CO)(OC)OC(CO)CO.CC[C@@](CO)(OC)OC(CO)COC(=O)CCCC(=O)NC(C)(C)C.CC[C@@](CO)(OC)OC(CO)COC(=O)CCCC(C)=O.CC[C@@]1(OC)O[C@H](CO)[C@H](O)[C@@H]1O. The molecule has 0 aromatic carbocycles. The molecule has 11 N–H and O–H groups in total. The summed E-state index contributed by atoms with van der Waals surface area (Å²) < 4.78 is 51.7. The standard InChI is InChI=1S/C17H33NO7.C14H26O7.C8H16O5.C8H18O5.2C2H6.6CH4/c1-6-17(12-20,23-5)25-13(10-19)11-24-15(22)9-7-8-14(21)18-16(2,3)4;1-4-14(10-16,19-3)21-12(8-15)9-20-13(18)7-5-6-11(2)17;1-3-8(12-2)7(11)6(10)5(4-9)13-8;1-3-8(6-11,12-2)13-7(4-9)5-10;2*1-2;;;;;;/h13,19-20H,6-12H2,1-5H3,(H,18,21);12,15-16H,4-10H2,1-3H3;5-7,9-11H,3-4H2,1-2H3;7,9-11H,3-6H2,1-2H3;2*1-2H3;6*1H4/t13?,17-;12?,14-;5-,6+,7+,8-;8-;;;;;;;;/m1111......../s1. The molecule has 506 valence electrons. The third-order valence-electron chi connectivity index (χ3n) is 11.0. The number of carbonyl (C=O) groups excluding carboxylic acids is 4. The molecule has 1 aliphatic heterocycles. The van der Waals surface area contributed by atoms with E-state index in [1.165, 1.54) is 35.4 Å². The van der Waals surface area contributed by atoms with Crippen molar-refractivity contribution in [1.82, 2.24) is 5.32 Å². The minimum Gasteiger partial charge on any atom is -0.463 e. The van der Waals surface area contributed by atoms with Gasteiger partial charge in [-0.05, 0) is 40.5 Å². The minimum atomic E-state index is -1.23. The molecule has 1 aliphatic rings. The number of nitrogens with one attached hydrogen (secondary N) is 1. The summed E-state index contributed by atoms with van der Waals surface area (Å²) in [6.45, 7) is 19.2. The fourth-order valence-corrected chi connectivity index (χ4v) is 6.24. The monoisotopic (exact) mass is 1210 g/mol. The zero-order valence-corrected chi connectivity index (χ0v) is 48.8. The summed E-state index contributed by atoms with van der Waals surface area (Å²) in [6, 6.07) is 0. The number of aliphatic hydroxyl groups excluding tert-OH is 10. The number of esters is 2. The van der Waals surface area contributed by atoms with Crippen molar-refractivity contribution in [3.8, 4) is 0 Å². The number of ketones is 1. The number of ether oxygens (including phenoxy) is 10. The molecule has 1 fully saturated rings. The second-order valence-corrected chi connectivity index (χ2v) is 17.5. The Kier molecular flexibility index (Phi) is 76.4. The summed E-state index contributed by atoms with van der Waals surface area (Å²) in [5.74, 6) is -5.76. The lowest BCUT2D eigenvalue weighted by Crippen LogP contribution is -2.44. The molecule has 1 amide bonds. The van der Waals surface area contributed by atoms with Crippen molar-refractivity contribution in [2.45, 2.75) is 257 Å². The zero-order chi connectivity index (χ0) is 60.2. The second kappa shape index (κ2) is 60.1. The van der Waals surface area contributed by atoms with Gasteiger partial charge in [0.15, 0.2) is 23.1 Å². The Bertz CT molecular complexity index is 1380. The van der Waals surface area contributed by atoms with Crippen LogP contribution in [0, 0.1) is 0 Å². The Balaban J connectivity index is -0.0000000896. The zero-order valence-electron chi connectivity index (χ0n) is 48.8. The van der Waals surface area contributed by atoms with E-state index in [0.717, 1.165) is 0 Å². The van der Waals surface area contributed by atoms with Gasteiger partial charge in [-0.2, -0.15) is 0 Å². The highest BCUT2D eigenvalue weighted by Crippen LogP contribution is 2.34. The summed E-state index contributed by atoms with van der Waals surface area (Å²) in [6.07, 6.45) is -2.06. The number of methoxy groups -OCH3 is 4. The third kappa shape index (κ3) is 43.9. The van der Waals surface area contributed by atoms with Crippen molar-refractivity contribution in [3.05, 3.63) is 0 Å². The van der Waals surface area contributed by atoms with E-state index >= 15 is 0 Å². The van der Waals surface area contributed by atoms with Crippen LogP contribution in [-0.4, -0.2) is 235 Å². The van der Waals surface area contributed by atoms with Crippen molar-refractivity contribution < 1.29 is 118 Å². The fraction of sp³-hybridized carbons (Fsp3) is 0.930. The molecule has 0 aromatic rings. The summed E-state index contributed by atoms with van der Waals surface area (Å²) >= 11 is 0. The predicted octanol–water partition coefficient (Wildman–Crippen LogP) is 4.97. The lowest BCUT2D eigenvalue weighted by Gasteiger charge is -2.32. The van der Waals surface area contributed by atoms with Crippen molar-refractivity contribution in [3.63, 3.8) is 0 Å². The Labute approximate surface area is 497 Å². The van der Waals surface area contributed by atoms with Crippen molar-refractivity contribution in [2.75, 3.05) is 94.5 Å². The summed E-state index contributed by atoms with van der Waals surface area (Å²) in [7, 11) is 5.59. The third-order valence-corrected chi connectivity index (χ3v) is 11.0. The maximum absolute atomic E-state index is 11.7. The van der Waals surface area contributed by atoms with Crippen LogP contribution in [0.15, 0.2) is 0 Å². The van der Waals surface area contributed by atoms with E-state index in [4.69, 9.17) is 67.8 Å². The van der Waals surface area contributed by atoms with E-state index < -0.39 is 71.7 Å². The van der Waals surface area contributed by atoms with Crippen molar-refractivity contribution >= 4 is 23.6 Å². The van der Waals surface area contributed by atoms with Crippen LogP contribution in [-0.2, 0) is 66.5 Å². The normalized spacial score (nSPS) is 18.5. The van der Waals surface area contributed by atoms with E-state index in [9.17, 15) is 49.8 Å². The number of amides is 1. The van der Waals surface area contributed by atoms with Crippen LogP contribution in [0.25, 0.3) is 0 Å². The van der Waals surface area contributed by atoms with Gasteiger partial charge >= 0.3 is 11.9 Å². The maximum atomic E-state index is 11.7. The molecular formula is C57H129NO24. The van der Waals surface area contributed by atoms with Gasteiger partial charge in [-0.25, -0.2) is 0 Å². The number of hydrogen-bond donors (Lipinski definition) is 11. The van der Waals surface area contributed by atoms with Gasteiger partial charge in [-0.1, -0.05) is 99.9 Å². The highest BCUT2D eigenvalue weighted by Gasteiger charge is 2.53. The topological polar surface area (TPSA) is 375 Å². The number of hydrogen-bond acceptors (Lipinski definition) is 24. The van der Waals surface area contributed by atoms with Crippen molar-refractivity contribution in [2.24, 2.45) is 0 Å². The first kappa shape index (κ1) is 104. The molecular weight excluding hydrogens is 1080 g/mol. The number of aliphatic hydroxyl groups is 10. The summed E-state index contributed by atoms with van der Waals surface area (Å²) in [5.41, 5.74) is -0.302. The molecule has 25 heteroatoms. The first-order valence-corrected chi connectivity index (χ1v) is 26.1. The summed E-state index contributed by atoms with van der Waals surface area (Å²) in [5, 5.41) is 94.4. The molecule has 0 aromatic heterocycles. The first-order valence-electron chi connectivity index (χ1n) is 26.1. The van der Waals surface area contributed by atoms with E-state index in [1.807, 2.05) is 48.5 Å². The molecule has 25 nitrogen and oxygen atoms in total. The van der Waals surface area contributed by atoms with Gasteiger partial charge in [0.2, 0.25) is 5.91 Å². The molecule has 1 rings (SSSR count). The molecule has 0 saturated carbocycles. The van der Waals surface area contributed by atoms with Crippen LogP contribution in [0.1, 0.15) is 192 Å². The Morgan fingerprint density at radius 1 is 0.549 bits per heavy atom. The van der Waals surface area contributed by atoms with Gasteiger partial charge in [0.1, 0.15) is 55.6 Å². The van der Waals surface area contributed by atoms with Gasteiger partial charge in [0.05, 0.1) is 52.9 Å². The predicted molar refractivity (Wildman–Crippen MR) is 320 cm³/mol. The van der Waals surface area contributed by atoms with Gasteiger partial charge in [-0.3, -0.25) is 14.4 Å². The van der Waals surface area contributed by atoms with Crippen LogP contribution in [0.4, 0.5) is 0 Å². The molecule has 1 saturated heterocycles.